The quantitative estimate of drug-likeness (QED) is 0.841. The van der Waals surface area contributed by atoms with E-state index in [4.69, 9.17) is 5.73 Å². The molecule has 3 atom stereocenters. The van der Waals surface area contributed by atoms with Gasteiger partial charge < -0.3 is 20.6 Å². The fourth-order valence-corrected chi connectivity index (χ4v) is 2.80. The Morgan fingerprint density at radius 1 is 1.50 bits per heavy atom. The highest BCUT2D eigenvalue weighted by Crippen LogP contribution is 2.26. The minimum atomic E-state index is -0.252. The zero-order valence-corrected chi connectivity index (χ0v) is 12.7. The molecule has 20 heavy (non-hydrogen) atoms. The molecule has 5 heteroatoms. The van der Waals surface area contributed by atoms with Crippen molar-refractivity contribution in [3.8, 4) is 0 Å². The van der Waals surface area contributed by atoms with Gasteiger partial charge in [-0.1, -0.05) is 6.92 Å². The first-order chi connectivity index (χ1) is 9.51. The summed E-state index contributed by atoms with van der Waals surface area (Å²) in [6, 6.07) is 4.41. The van der Waals surface area contributed by atoms with E-state index in [1.165, 1.54) is 0 Å². The molecule has 0 bridgehead atoms. The van der Waals surface area contributed by atoms with Crippen molar-refractivity contribution in [1.82, 2.24) is 9.88 Å². The molecule has 2 rings (SSSR count). The molecule has 1 saturated heterocycles. The van der Waals surface area contributed by atoms with E-state index in [-0.39, 0.29) is 12.1 Å². The van der Waals surface area contributed by atoms with Crippen LogP contribution in [0.25, 0.3) is 0 Å². The summed E-state index contributed by atoms with van der Waals surface area (Å²) in [6.07, 6.45) is 3.33. The predicted molar refractivity (Wildman–Crippen MR) is 81.8 cm³/mol. The molecule has 2 unspecified atom stereocenters. The zero-order chi connectivity index (χ0) is 14.7. The Balaban J connectivity index is 2.12. The molecular formula is C15H26N4O. The average Bonchev–Trinajstić information content (AvgIpc) is 2.78. The normalized spacial score (nSPS) is 24.4. The van der Waals surface area contributed by atoms with Crippen LogP contribution in [0, 0.1) is 0 Å². The van der Waals surface area contributed by atoms with Gasteiger partial charge in [0.15, 0.2) is 0 Å². The monoisotopic (exact) mass is 278 g/mol. The molecule has 0 aliphatic carbocycles. The van der Waals surface area contributed by atoms with E-state index in [2.05, 4.69) is 41.9 Å². The number of aliphatic hydroxyl groups excluding tert-OH is 1. The number of rotatable bonds is 5. The van der Waals surface area contributed by atoms with E-state index in [9.17, 15) is 5.11 Å². The Bertz CT molecular complexity index is 420. The number of β-amino-alcohol motifs (C(OH)–C–C–N with tert-alkyl or cyclic N) is 1. The number of nitrogens with two attached hydrogens (primary N) is 1. The second-order valence-electron chi connectivity index (χ2n) is 5.91. The summed E-state index contributed by atoms with van der Waals surface area (Å²) in [5.74, 6) is 0. The first-order valence-corrected chi connectivity index (χ1v) is 7.32. The molecule has 2 heterocycles. The molecule has 0 aromatic carbocycles. The van der Waals surface area contributed by atoms with Gasteiger partial charge in [0, 0.05) is 25.2 Å². The second-order valence-corrected chi connectivity index (χ2v) is 5.91. The van der Waals surface area contributed by atoms with Crippen molar-refractivity contribution in [3.05, 3.63) is 24.0 Å². The highest BCUT2D eigenvalue weighted by Gasteiger charge is 2.31. The summed E-state index contributed by atoms with van der Waals surface area (Å²) in [7, 11) is 4.12. The van der Waals surface area contributed by atoms with Crippen molar-refractivity contribution in [2.45, 2.75) is 38.0 Å². The standard InChI is InChI=1S/C15H26N4O/c1-4-14(16)15-6-5-11(8-17-15)19-10-13(20)7-12(19)9-18(2)3/h5-6,8,12-14,20H,4,7,9-10,16H2,1-3H3/t12?,13?,14-/m0/s1. The molecule has 112 valence electrons. The van der Waals surface area contributed by atoms with Gasteiger partial charge in [-0.3, -0.25) is 4.98 Å². The fourth-order valence-electron chi connectivity index (χ4n) is 2.80. The van der Waals surface area contributed by atoms with Gasteiger partial charge in [0.2, 0.25) is 0 Å². The Morgan fingerprint density at radius 3 is 2.80 bits per heavy atom. The number of likely N-dealkylation sites (N-methyl/N-ethyl adjacent to an activating group) is 1. The van der Waals surface area contributed by atoms with Crippen molar-refractivity contribution < 1.29 is 5.11 Å². The zero-order valence-electron chi connectivity index (χ0n) is 12.7. The van der Waals surface area contributed by atoms with Crippen LogP contribution in [-0.4, -0.2) is 54.3 Å². The minimum absolute atomic E-state index is 0.00536. The van der Waals surface area contributed by atoms with Crippen LogP contribution < -0.4 is 10.6 Å². The third-order valence-electron chi connectivity index (χ3n) is 3.89. The number of aliphatic hydroxyl groups is 1. The van der Waals surface area contributed by atoms with Crippen molar-refractivity contribution in [1.29, 1.82) is 0 Å². The van der Waals surface area contributed by atoms with Crippen molar-refractivity contribution in [2.24, 2.45) is 5.73 Å². The summed E-state index contributed by atoms with van der Waals surface area (Å²) < 4.78 is 0. The van der Waals surface area contributed by atoms with Gasteiger partial charge in [0.05, 0.1) is 23.7 Å². The lowest BCUT2D eigenvalue weighted by molar-refractivity contribution is 0.191. The summed E-state index contributed by atoms with van der Waals surface area (Å²) in [4.78, 5) is 8.88. The van der Waals surface area contributed by atoms with Crippen LogP contribution in [0.5, 0.6) is 0 Å². The lowest BCUT2D eigenvalue weighted by atomic mass is 10.1. The molecule has 1 fully saturated rings. The third kappa shape index (κ3) is 3.48. The van der Waals surface area contributed by atoms with E-state index < -0.39 is 0 Å². The SMILES string of the molecule is CC[C@H](N)c1ccc(N2CC(O)CC2CN(C)C)cn1. The van der Waals surface area contributed by atoms with Crippen LogP contribution in [0.15, 0.2) is 18.3 Å². The largest absolute Gasteiger partial charge is 0.391 e. The van der Waals surface area contributed by atoms with Gasteiger partial charge in [-0.15, -0.1) is 0 Å². The van der Waals surface area contributed by atoms with Crippen LogP contribution >= 0.6 is 0 Å². The van der Waals surface area contributed by atoms with Crippen molar-refractivity contribution >= 4 is 5.69 Å². The number of aromatic nitrogens is 1. The summed E-state index contributed by atoms with van der Waals surface area (Å²) in [5, 5.41) is 9.92. The number of pyridine rings is 1. The lowest BCUT2D eigenvalue weighted by Crippen LogP contribution is -2.37. The Hall–Kier alpha value is -1.17. The summed E-state index contributed by atoms with van der Waals surface area (Å²) in [5.41, 5.74) is 7.99. The van der Waals surface area contributed by atoms with E-state index >= 15 is 0 Å². The highest BCUT2D eigenvalue weighted by atomic mass is 16.3. The predicted octanol–water partition coefficient (Wildman–Crippen LogP) is 0.993. The minimum Gasteiger partial charge on any atom is -0.391 e. The van der Waals surface area contributed by atoms with Crippen LogP contribution in [0.3, 0.4) is 0 Å². The van der Waals surface area contributed by atoms with Gasteiger partial charge in [0.1, 0.15) is 0 Å². The molecule has 0 radical (unpaired) electrons. The lowest BCUT2D eigenvalue weighted by Gasteiger charge is -2.28. The van der Waals surface area contributed by atoms with E-state index in [1.807, 2.05) is 12.3 Å². The number of hydrogen-bond acceptors (Lipinski definition) is 5. The van der Waals surface area contributed by atoms with Gasteiger partial charge in [0.25, 0.3) is 0 Å². The maximum atomic E-state index is 9.92. The van der Waals surface area contributed by atoms with Gasteiger partial charge >= 0.3 is 0 Å². The highest BCUT2D eigenvalue weighted by molar-refractivity contribution is 5.47. The first kappa shape index (κ1) is 15.2. The fraction of sp³-hybridized carbons (Fsp3) is 0.667. The molecule has 0 spiro atoms. The van der Waals surface area contributed by atoms with E-state index in [0.29, 0.717) is 12.6 Å². The molecule has 5 nitrogen and oxygen atoms in total. The van der Waals surface area contributed by atoms with E-state index in [1.54, 1.807) is 0 Å². The van der Waals surface area contributed by atoms with E-state index in [0.717, 1.165) is 30.8 Å². The van der Waals surface area contributed by atoms with Gasteiger partial charge in [-0.25, -0.2) is 0 Å². The molecule has 1 aliphatic rings. The van der Waals surface area contributed by atoms with Crippen LogP contribution in [0.1, 0.15) is 31.5 Å². The topological polar surface area (TPSA) is 65.6 Å². The van der Waals surface area contributed by atoms with Gasteiger partial charge in [-0.05, 0) is 39.1 Å². The van der Waals surface area contributed by atoms with Crippen molar-refractivity contribution in [3.63, 3.8) is 0 Å². The van der Waals surface area contributed by atoms with Gasteiger partial charge in [-0.2, -0.15) is 0 Å². The Kier molecular flexibility index (Phi) is 4.96. The third-order valence-corrected chi connectivity index (χ3v) is 3.89. The molecule has 3 N–H and O–H groups in total. The number of anilines is 1. The molecule has 0 amide bonds. The molecule has 0 saturated carbocycles. The maximum Gasteiger partial charge on any atom is 0.0735 e. The summed E-state index contributed by atoms with van der Waals surface area (Å²) >= 11 is 0. The maximum absolute atomic E-state index is 9.92. The first-order valence-electron chi connectivity index (χ1n) is 7.32. The number of nitrogens with zero attached hydrogens (tertiary/aromatic N) is 3. The smallest absolute Gasteiger partial charge is 0.0735 e. The van der Waals surface area contributed by atoms with Crippen LogP contribution in [0.2, 0.25) is 0 Å². The number of hydrogen-bond donors (Lipinski definition) is 2. The van der Waals surface area contributed by atoms with Crippen LogP contribution in [-0.2, 0) is 0 Å². The average molecular weight is 278 g/mol. The summed E-state index contributed by atoms with van der Waals surface area (Å²) in [6.45, 7) is 3.68. The molecule has 1 aromatic rings. The second kappa shape index (κ2) is 6.52. The molecule has 1 aromatic heterocycles. The Labute approximate surface area is 121 Å². The van der Waals surface area contributed by atoms with Crippen LogP contribution in [0.4, 0.5) is 5.69 Å². The Morgan fingerprint density at radius 2 is 2.25 bits per heavy atom. The molecule has 1 aliphatic heterocycles. The molecular weight excluding hydrogens is 252 g/mol. The van der Waals surface area contributed by atoms with Crippen molar-refractivity contribution in [2.75, 3.05) is 32.1 Å².